The molecule has 0 bridgehead atoms. The SMILES string of the molecule is C=C(C)C(=O)OCCOc1c(CC)cc(CCCCCCCCCCCCCCCCCC)cc1Cc1cc(CCCCCCCCCCCCCCCCCC)cc(Cc2cc(CCCCCCCCCCCCCCCCCC)cc(Cc3cc(CCCCCCCCCCCCCCCCCC)ccc3OCCOC(=O)/C=C\C(=O)OC)c2OCCOC(=O)/C=C\C(=O)OC)c1OCCOC(=O)/C=C\C(=O)OC. The zero-order chi connectivity index (χ0) is 105. The summed E-state index contributed by atoms with van der Waals surface area (Å²) < 4.78 is 65.5. The van der Waals surface area contributed by atoms with Gasteiger partial charge in [0.05, 0.1) is 21.3 Å². The Labute approximate surface area is 887 Å². The molecule has 0 saturated carbocycles. The fourth-order valence-electron chi connectivity index (χ4n) is 19.6. The second kappa shape index (κ2) is 90.2. The van der Waals surface area contributed by atoms with E-state index in [2.05, 4.69) is 89.7 Å². The molecule has 0 N–H and O–H groups in total. The Morgan fingerprint density at radius 3 is 0.664 bits per heavy atom. The highest BCUT2D eigenvalue weighted by atomic mass is 16.6. The van der Waals surface area contributed by atoms with Crippen LogP contribution < -0.4 is 18.9 Å². The number of carbonyl (C=O) groups is 7. The van der Waals surface area contributed by atoms with Gasteiger partial charge in [0.25, 0.3) is 0 Å². The van der Waals surface area contributed by atoms with E-state index in [4.69, 9.17) is 52.1 Å². The molecule has 0 atom stereocenters. The number of benzene rings is 4. The van der Waals surface area contributed by atoms with E-state index in [0.29, 0.717) is 48.5 Å². The lowest BCUT2D eigenvalue weighted by atomic mass is 9.89. The molecule has 0 aliphatic rings. The van der Waals surface area contributed by atoms with Crippen molar-refractivity contribution in [3.63, 3.8) is 0 Å². The maximum atomic E-state index is 13.5. The van der Waals surface area contributed by atoms with Gasteiger partial charge in [-0.3, -0.25) is 0 Å². The first kappa shape index (κ1) is 130. The van der Waals surface area contributed by atoms with Crippen molar-refractivity contribution in [2.24, 2.45) is 0 Å². The molecule has 0 amide bonds. The molecule has 0 radical (unpaired) electrons. The quantitative estimate of drug-likeness (QED) is 0.0173. The minimum Gasteiger partial charge on any atom is -0.490 e. The number of rotatable bonds is 98. The standard InChI is InChI=1S/C128H204O18/c1-11-16-20-24-28-32-36-40-44-48-52-56-60-64-68-72-76-107-80-81-118(139-88-89-140-122(132)85-82-119(129)136-8)112(96-107)103-113-99-109(78-74-70-66-62-58-54-50-46-42-38-34-30-26-22-18-13-3)100-116(126(113)144-92-90-141-123(133)86-83-120(130)137-9)105-117-102-110(79-75-71-67-63-59-55-51-47-43-39-35-31-27-23-19-14-4)101-115(127(117)145-93-91-142-124(134)87-84-121(131)138-10)104-114-98-108(97-111(15-5)125(114)143-94-95-146-128(135)106(6)7)77-73-69-65-61-57-53-49-45-41-37-33-29-25-21-17-12-2/h80-87,96-102H,6,11-79,88-95,103-105H2,1-5,7-10H3/b85-82-,86-83-,87-84-. The molecule has 18 nitrogen and oxygen atoms in total. The molecule has 18 heteroatoms. The summed E-state index contributed by atoms with van der Waals surface area (Å²) >= 11 is 0. The second-order valence-electron chi connectivity index (χ2n) is 41.2. The predicted molar refractivity (Wildman–Crippen MR) is 601 cm³/mol. The summed E-state index contributed by atoms with van der Waals surface area (Å²) in [6.45, 7) is 16.4. The molecular weight excluding hydrogens is 1830 g/mol. The highest BCUT2D eigenvalue weighted by molar-refractivity contribution is 5.93. The molecule has 146 heavy (non-hydrogen) atoms. The Bertz CT molecular complexity index is 4170. The lowest BCUT2D eigenvalue weighted by Crippen LogP contribution is -2.15. The van der Waals surface area contributed by atoms with Crippen molar-refractivity contribution in [2.45, 2.75) is 504 Å². The average molecular weight is 2030 g/mol. The molecule has 4 aromatic rings. The third-order valence-corrected chi connectivity index (χ3v) is 28.1. The summed E-state index contributed by atoms with van der Waals surface area (Å²) in [7, 11) is 3.75. The van der Waals surface area contributed by atoms with Gasteiger partial charge in [-0.05, 0) is 132 Å². The van der Waals surface area contributed by atoms with E-state index >= 15 is 0 Å². The van der Waals surface area contributed by atoms with E-state index < -0.39 is 41.8 Å². The average Bonchev–Trinajstić information content (AvgIpc) is 0.780. The summed E-state index contributed by atoms with van der Waals surface area (Å²) in [6.07, 6.45) is 92.5. The summed E-state index contributed by atoms with van der Waals surface area (Å²) in [5.41, 5.74) is 11.3. The Hall–Kier alpha value is -8.67. The van der Waals surface area contributed by atoms with E-state index in [0.717, 1.165) is 188 Å². The lowest BCUT2D eigenvalue weighted by molar-refractivity contribution is -0.140. The molecule has 0 aliphatic carbocycles. The number of hydrogen-bond acceptors (Lipinski definition) is 18. The third kappa shape index (κ3) is 66.7. The van der Waals surface area contributed by atoms with Gasteiger partial charge in [-0.15, -0.1) is 0 Å². The first-order chi connectivity index (χ1) is 71.5. The topological polar surface area (TPSA) is 221 Å². The Morgan fingerprint density at radius 1 is 0.226 bits per heavy atom. The zero-order valence-electron chi connectivity index (χ0n) is 93.8. The highest BCUT2D eigenvalue weighted by Gasteiger charge is 2.25. The number of hydrogen-bond donors (Lipinski definition) is 0. The predicted octanol–water partition coefficient (Wildman–Crippen LogP) is 33.7. The van der Waals surface area contributed by atoms with Gasteiger partial charge in [0.2, 0.25) is 0 Å². The van der Waals surface area contributed by atoms with Gasteiger partial charge < -0.3 is 52.1 Å². The fraction of sp³-hybridized carbons (Fsp3) is 0.695. The molecule has 0 fully saturated rings. The van der Waals surface area contributed by atoms with Gasteiger partial charge in [0, 0.05) is 61.3 Å². The molecule has 0 unspecified atom stereocenters. The van der Waals surface area contributed by atoms with E-state index in [-0.39, 0.29) is 52.9 Å². The van der Waals surface area contributed by atoms with Crippen molar-refractivity contribution in [2.75, 3.05) is 74.2 Å². The first-order valence-electron chi connectivity index (χ1n) is 59.2. The zero-order valence-corrected chi connectivity index (χ0v) is 93.8. The third-order valence-electron chi connectivity index (χ3n) is 28.1. The molecule has 0 heterocycles. The Balaban J connectivity index is 2.02. The number of carbonyl (C=O) groups excluding carboxylic acids is 7. The maximum Gasteiger partial charge on any atom is 0.333 e. The number of ether oxygens (including phenoxy) is 11. The molecular formula is C128H204O18. The minimum atomic E-state index is -0.737. The smallest absolute Gasteiger partial charge is 0.333 e. The summed E-state index contributed by atoms with van der Waals surface area (Å²) in [5.74, 6) is -2.20. The van der Waals surface area contributed by atoms with E-state index in [9.17, 15) is 33.6 Å². The van der Waals surface area contributed by atoms with Crippen LogP contribution in [0.15, 0.2) is 103 Å². The highest BCUT2D eigenvalue weighted by Crippen LogP contribution is 2.41. The van der Waals surface area contributed by atoms with Gasteiger partial charge >= 0.3 is 41.8 Å². The van der Waals surface area contributed by atoms with Crippen molar-refractivity contribution in [3.8, 4) is 23.0 Å². The van der Waals surface area contributed by atoms with Crippen molar-refractivity contribution in [1.82, 2.24) is 0 Å². The van der Waals surface area contributed by atoms with Crippen LogP contribution in [0.25, 0.3) is 0 Å². The van der Waals surface area contributed by atoms with Crippen LogP contribution in [-0.2, 0) is 118 Å². The van der Waals surface area contributed by atoms with Crippen LogP contribution in [0.3, 0.4) is 0 Å². The molecule has 824 valence electrons. The number of unbranched alkanes of at least 4 members (excludes halogenated alkanes) is 60. The molecule has 4 aromatic carbocycles. The largest absolute Gasteiger partial charge is 0.490 e. The van der Waals surface area contributed by atoms with Crippen LogP contribution >= 0.6 is 0 Å². The second-order valence-corrected chi connectivity index (χ2v) is 41.2. The molecule has 4 rings (SSSR count). The normalized spacial score (nSPS) is 11.5. The van der Waals surface area contributed by atoms with Gasteiger partial charge in [0.15, 0.2) is 0 Å². The number of esters is 7. The van der Waals surface area contributed by atoms with Gasteiger partial charge in [-0.2, -0.15) is 0 Å². The van der Waals surface area contributed by atoms with Crippen LogP contribution in [0.4, 0.5) is 0 Å². The van der Waals surface area contributed by atoms with Crippen LogP contribution in [-0.4, -0.2) is 116 Å². The van der Waals surface area contributed by atoms with E-state index in [1.807, 2.05) is 6.07 Å². The van der Waals surface area contributed by atoms with Crippen LogP contribution in [0, 0.1) is 0 Å². The van der Waals surface area contributed by atoms with E-state index in [1.54, 1.807) is 6.92 Å². The Morgan fingerprint density at radius 2 is 0.425 bits per heavy atom. The van der Waals surface area contributed by atoms with E-state index in [1.165, 1.54) is 374 Å². The minimum absolute atomic E-state index is 0.0133. The van der Waals surface area contributed by atoms with Crippen LogP contribution in [0.2, 0.25) is 0 Å². The summed E-state index contributed by atoms with van der Waals surface area (Å²) in [4.78, 5) is 89.5. The van der Waals surface area contributed by atoms with Crippen LogP contribution in [0.1, 0.15) is 514 Å². The molecule has 0 aliphatic heterocycles. The first-order valence-corrected chi connectivity index (χ1v) is 59.2. The lowest BCUT2D eigenvalue weighted by Gasteiger charge is -2.23. The fourth-order valence-corrected chi connectivity index (χ4v) is 19.6. The van der Waals surface area contributed by atoms with Crippen molar-refractivity contribution >= 4 is 41.8 Å². The molecule has 0 aromatic heterocycles. The van der Waals surface area contributed by atoms with Crippen LogP contribution in [0.5, 0.6) is 23.0 Å². The molecule has 0 saturated heterocycles. The van der Waals surface area contributed by atoms with Crippen molar-refractivity contribution in [3.05, 3.63) is 164 Å². The number of aryl methyl sites for hydroxylation is 5. The monoisotopic (exact) mass is 2030 g/mol. The number of methoxy groups -OCH3 is 3. The Kier molecular flexibility index (Phi) is 80.1. The maximum absolute atomic E-state index is 13.5. The van der Waals surface area contributed by atoms with Gasteiger partial charge in [0.1, 0.15) is 75.9 Å². The van der Waals surface area contributed by atoms with Gasteiger partial charge in [-0.25, -0.2) is 33.6 Å². The van der Waals surface area contributed by atoms with Crippen molar-refractivity contribution < 1.29 is 85.7 Å². The summed E-state index contributed by atoms with van der Waals surface area (Å²) in [6, 6.07) is 20.2. The molecule has 0 spiro atoms. The van der Waals surface area contributed by atoms with Gasteiger partial charge in [-0.1, -0.05) is 475 Å². The van der Waals surface area contributed by atoms with Crippen molar-refractivity contribution in [1.29, 1.82) is 0 Å². The summed E-state index contributed by atoms with van der Waals surface area (Å²) in [5, 5.41) is 0.